The number of aryl methyl sites for hydroxylation is 1. The Morgan fingerprint density at radius 2 is 2.36 bits per heavy atom. The summed E-state index contributed by atoms with van der Waals surface area (Å²) in [5.41, 5.74) is 4.77. The molecule has 0 aliphatic carbocycles. The van der Waals surface area contributed by atoms with Gasteiger partial charge in [-0.1, -0.05) is 0 Å². The van der Waals surface area contributed by atoms with Crippen LogP contribution in [0.5, 0.6) is 0 Å². The molecule has 1 aromatic rings. The van der Waals surface area contributed by atoms with Crippen molar-refractivity contribution in [1.29, 1.82) is 0 Å². The first-order valence-corrected chi connectivity index (χ1v) is 4.06. The van der Waals surface area contributed by atoms with Gasteiger partial charge in [-0.2, -0.15) is 0 Å². The summed E-state index contributed by atoms with van der Waals surface area (Å²) < 4.78 is 0. The Labute approximate surface area is 80.8 Å². The van der Waals surface area contributed by atoms with Gasteiger partial charge in [-0.15, -0.1) is 0 Å². The van der Waals surface area contributed by atoms with Crippen LogP contribution in [-0.2, 0) is 4.79 Å². The summed E-state index contributed by atoms with van der Waals surface area (Å²) in [5, 5.41) is 0. The van der Waals surface area contributed by atoms with E-state index in [4.69, 9.17) is 5.73 Å². The van der Waals surface area contributed by atoms with E-state index in [1.54, 1.807) is 14.0 Å². The molecule has 1 heterocycles. The minimum Gasteiger partial charge on any atom is -0.368 e. The fourth-order valence-corrected chi connectivity index (χ4v) is 1.07. The van der Waals surface area contributed by atoms with Gasteiger partial charge in [0.05, 0.1) is 6.54 Å². The first-order valence-electron chi connectivity index (χ1n) is 4.06. The largest absolute Gasteiger partial charge is 0.368 e. The molecule has 0 atom stereocenters. The van der Waals surface area contributed by atoms with Crippen molar-refractivity contribution in [1.82, 2.24) is 9.97 Å². The van der Waals surface area contributed by atoms with E-state index in [1.807, 2.05) is 0 Å². The smallest absolute Gasteiger partial charge is 0.252 e. The average Bonchev–Trinajstić information content (AvgIpc) is 2.00. The number of aromatic nitrogens is 2. The van der Waals surface area contributed by atoms with Crippen LogP contribution in [0.4, 0.5) is 5.82 Å². The van der Waals surface area contributed by atoms with Crippen molar-refractivity contribution in [3.05, 3.63) is 22.2 Å². The maximum Gasteiger partial charge on any atom is 0.252 e. The third-order valence-electron chi connectivity index (χ3n) is 1.63. The highest BCUT2D eigenvalue weighted by molar-refractivity contribution is 5.78. The third kappa shape index (κ3) is 2.58. The molecule has 76 valence electrons. The summed E-state index contributed by atoms with van der Waals surface area (Å²) >= 11 is 0. The number of nitrogens with two attached hydrogens (primary N) is 1. The zero-order valence-electron chi connectivity index (χ0n) is 8.07. The third-order valence-corrected chi connectivity index (χ3v) is 1.63. The highest BCUT2D eigenvalue weighted by Gasteiger charge is 2.06. The SMILES string of the molecule is Cc1nc(N(C)CC(N)=O)cc(=O)[nH]1. The number of nitrogens with zero attached hydrogens (tertiary/aromatic N) is 2. The number of aromatic amines is 1. The minimum atomic E-state index is -0.466. The fourth-order valence-electron chi connectivity index (χ4n) is 1.07. The molecule has 1 rings (SSSR count). The minimum absolute atomic E-state index is 0.0376. The lowest BCUT2D eigenvalue weighted by molar-refractivity contribution is -0.116. The van der Waals surface area contributed by atoms with Crippen molar-refractivity contribution in [2.24, 2.45) is 5.73 Å². The molecule has 0 saturated carbocycles. The Morgan fingerprint density at radius 3 is 2.86 bits per heavy atom. The molecule has 1 amide bonds. The van der Waals surface area contributed by atoms with Crippen molar-refractivity contribution < 1.29 is 4.79 Å². The molecule has 0 aliphatic heterocycles. The standard InChI is InChI=1S/C8H12N4O2/c1-5-10-7(3-8(14)11-5)12(2)4-6(9)13/h3H,4H2,1-2H3,(H2,9,13)(H,10,11,14). The highest BCUT2D eigenvalue weighted by atomic mass is 16.1. The summed E-state index contributed by atoms with van der Waals surface area (Å²) in [7, 11) is 1.64. The van der Waals surface area contributed by atoms with Crippen LogP contribution >= 0.6 is 0 Å². The Morgan fingerprint density at radius 1 is 1.71 bits per heavy atom. The molecule has 1 aromatic heterocycles. The molecule has 6 heteroatoms. The molecule has 0 saturated heterocycles. The molecule has 0 bridgehead atoms. The van der Waals surface area contributed by atoms with Crippen LogP contribution in [0.15, 0.2) is 10.9 Å². The Balaban J connectivity index is 2.95. The number of amides is 1. The number of rotatable bonds is 3. The summed E-state index contributed by atoms with van der Waals surface area (Å²) in [4.78, 5) is 29.8. The van der Waals surface area contributed by atoms with Gasteiger partial charge in [0.25, 0.3) is 5.56 Å². The highest BCUT2D eigenvalue weighted by Crippen LogP contribution is 2.03. The molecule has 6 nitrogen and oxygen atoms in total. The zero-order valence-corrected chi connectivity index (χ0v) is 8.07. The van der Waals surface area contributed by atoms with Gasteiger partial charge in [0.1, 0.15) is 11.6 Å². The number of likely N-dealkylation sites (N-methyl/N-ethyl adjacent to an activating group) is 1. The van der Waals surface area contributed by atoms with Gasteiger partial charge in [0.15, 0.2) is 0 Å². The summed E-state index contributed by atoms with van der Waals surface area (Å²) in [5.74, 6) is 0.473. The van der Waals surface area contributed by atoms with E-state index in [-0.39, 0.29) is 12.1 Å². The van der Waals surface area contributed by atoms with Gasteiger partial charge in [-0.25, -0.2) is 4.98 Å². The molecular weight excluding hydrogens is 184 g/mol. The Hall–Kier alpha value is -1.85. The molecule has 14 heavy (non-hydrogen) atoms. The molecule has 0 aliphatic rings. The van der Waals surface area contributed by atoms with Gasteiger partial charge < -0.3 is 15.6 Å². The molecule has 0 unspecified atom stereocenters. The second-order valence-electron chi connectivity index (χ2n) is 3.01. The van der Waals surface area contributed by atoms with Gasteiger partial charge in [0.2, 0.25) is 5.91 Å². The van der Waals surface area contributed by atoms with E-state index < -0.39 is 5.91 Å². The van der Waals surface area contributed by atoms with Crippen molar-refractivity contribution in [2.45, 2.75) is 6.92 Å². The first-order chi connectivity index (χ1) is 6.49. The lowest BCUT2D eigenvalue weighted by Gasteiger charge is -2.15. The van der Waals surface area contributed by atoms with Crippen LogP contribution in [-0.4, -0.2) is 29.5 Å². The Bertz CT molecular complexity index is 399. The number of carbonyl (C=O) groups is 1. The molecule has 0 aromatic carbocycles. The van der Waals surface area contributed by atoms with E-state index in [1.165, 1.54) is 11.0 Å². The van der Waals surface area contributed by atoms with Crippen LogP contribution in [0.1, 0.15) is 5.82 Å². The van der Waals surface area contributed by atoms with Crippen LogP contribution in [0.3, 0.4) is 0 Å². The van der Waals surface area contributed by atoms with Crippen LogP contribution < -0.4 is 16.2 Å². The number of primary amides is 1. The summed E-state index contributed by atoms with van der Waals surface area (Å²) in [6, 6.07) is 1.32. The lowest BCUT2D eigenvalue weighted by atomic mass is 10.4. The molecule has 3 N–H and O–H groups in total. The number of anilines is 1. The van der Waals surface area contributed by atoms with E-state index >= 15 is 0 Å². The maximum atomic E-state index is 11.1. The molecule has 0 spiro atoms. The number of carbonyl (C=O) groups excluding carboxylic acids is 1. The van der Waals surface area contributed by atoms with Gasteiger partial charge in [-0.05, 0) is 6.92 Å². The van der Waals surface area contributed by atoms with Gasteiger partial charge in [-0.3, -0.25) is 9.59 Å². The van der Waals surface area contributed by atoms with Gasteiger partial charge in [0, 0.05) is 13.1 Å². The normalized spacial score (nSPS) is 9.86. The molecular formula is C8H12N4O2. The van der Waals surface area contributed by atoms with E-state index in [2.05, 4.69) is 9.97 Å². The second kappa shape index (κ2) is 3.91. The van der Waals surface area contributed by atoms with Crippen molar-refractivity contribution in [3.8, 4) is 0 Å². The predicted octanol–water partition coefficient (Wildman–Crippen LogP) is -1.00. The number of hydrogen-bond donors (Lipinski definition) is 2. The molecule has 0 fully saturated rings. The number of hydrogen-bond acceptors (Lipinski definition) is 4. The number of nitrogens with one attached hydrogen (secondary N) is 1. The van der Waals surface area contributed by atoms with Crippen molar-refractivity contribution in [2.75, 3.05) is 18.5 Å². The number of H-pyrrole nitrogens is 1. The summed E-state index contributed by atoms with van der Waals surface area (Å²) in [6.07, 6.45) is 0. The van der Waals surface area contributed by atoms with E-state index in [0.29, 0.717) is 11.6 Å². The van der Waals surface area contributed by atoms with Gasteiger partial charge >= 0.3 is 0 Å². The lowest BCUT2D eigenvalue weighted by Crippen LogP contribution is -2.32. The second-order valence-corrected chi connectivity index (χ2v) is 3.01. The van der Waals surface area contributed by atoms with Crippen LogP contribution in [0.25, 0.3) is 0 Å². The average molecular weight is 196 g/mol. The topological polar surface area (TPSA) is 92.1 Å². The Kier molecular flexibility index (Phi) is 2.85. The van der Waals surface area contributed by atoms with Crippen molar-refractivity contribution >= 4 is 11.7 Å². The first kappa shape index (κ1) is 10.2. The van der Waals surface area contributed by atoms with Crippen molar-refractivity contribution in [3.63, 3.8) is 0 Å². The zero-order chi connectivity index (χ0) is 10.7. The quantitative estimate of drug-likeness (QED) is 0.648. The monoisotopic (exact) mass is 196 g/mol. The van der Waals surface area contributed by atoms with Crippen LogP contribution in [0, 0.1) is 6.92 Å². The van der Waals surface area contributed by atoms with E-state index in [9.17, 15) is 9.59 Å². The predicted molar refractivity (Wildman–Crippen MR) is 52.1 cm³/mol. The fraction of sp³-hybridized carbons (Fsp3) is 0.375. The van der Waals surface area contributed by atoms with Crippen LogP contribution in [0.2, 0.25) is 0 Å². The summed E-state index contributed by atoms with van der Waals surface area (Å²) in [6.45, 7) is 1.71. The maximum absolute atomic E-state index is 11.1. The molecule has 0 radical (unpaired) electrons. The van der Waals surface area contributed by atoms with E-state index in [0.717, 1.165) is 0 Å².